The van der Waals surface area contributed by atoms with E-state index in [0.717, 1.165) is 11.1 Å². The van der Waals surface area contributed by atoms with Gasteiger partial charge < -0.3 is 4.98 Å². The van der Waals surface area contributed by atoms with Crippen molar-refractivity contribution in [3.05, 3.63) is 69.8 Å². The third kappa shape index (κ3) is 2.72. The van der Waals surface area contributed by atoms with Crippen LogP contribution in [-0.2, 0) is 0 Å². The van der Waals surface area contributed by atoms with Crippen LogP contribution in [0.5, 0.6) is 0 Å². The van der Waals surface area contributed by atoms with Crippen LogP contribution < -0.4 is 5.56 Å². The number of aryl methyl sites for hydroxylation is 1. The summed E-state index contributed by atoms with van der Waals surface area (Å²) in [7, 11) is 0. The van der Waals surface area contributed by atoms with Crippen LogP contribution in [0.4, 0.5) is 4.39 Å². The van der Waals surface area contributed by atoms with E-state index in [1.54, 1.807) is 30.5 Å². The van der Waals surface area contributed by atoms with Crippen LogP contribution in [0.1, 0.15) is 17.0 Å². The second-order valence-electron chi connectivity index (χ2n) is 4.68. The van der Waals surface area contributed by atoms with Crippen LogP contribution in [0.25, 0.3) is 23.1 Å². The van der Waals surface area contributed by atoms with E-state index in [9.17, 15) is 9.18 Å². The molecule has 2 aromatic heterocycles. The van der Waals surface area contributed by atoms with Crippen molar-refractivity contribution in [3.8, 4) is 0 Å². The lowest BCUT2D eigenvalue weighted by Crippen LogP contribution is -2.09. The third-order valence-electron chi connectivity index (χ3n) is 3.19. The number of fused-ring (bicyclic) bond motifs is 1. The molecule has 3 rings (SSSR count). The summed E-state index contributed by atoms with van der Waals surface area (Å²) < 4.78 is 13.2. The summed E-state index contributed by atoms with van der Waals surface area (Å²) in [4.78, 5) is 22.8. The van der Waals surface area contributed by atoms with Gasteiger partial charge in [0.15, 0.2) is 0 Å². The molecule has 0 saturated carbocycles. The Morgan fingerprint density at radius 2 is 2.10 bits per heavy atom. The second-order valence-corrected chi connectivity index (χ2v) is 4.68. The van der Waals surface area contributed by atoms with E-state index in [1.165, 1.54) is 18.3 Å². The number of hydrogen-bond acceptors (Lipinski definition) is 3. The average Bonchev–Trinajstić information content (AvgIpc) is 2.48. The highest BCUT2D eigenvalue weighted by Crippen LogP contribution is 2.13. The molecule has 104 valence electrons. The normalized spacial score (nSPS) is 11.3. The minimum Gasteiger partial charge on any atom is -0.306 e. The van der Waals surface area contributed by atoms with Gasteiger partial charge in [-0.1, -0.05) is 12.1 Å². The molecule has 2 heterocycles. The van der Waals surface area contributed by atoms with Gasteiger partial charge in [0.2, 0.25) is 0 Å². The number of benzene rings is 1. The first kappa shape index (κ1) is 13.2. The molecule has 0 atom stereocenters. The summed E-state index contributed by atoms with van der Waals surface area (Å²) in [6.45, 7) is 1.89. The van der Waals surface area contributed by atoms with Gasteiger partial charge in [0.1, 0.15) is 11.6 Å². The molecule has 0 aliphatic carbocycles. The standard InChI is InChI=1S/C16H12FN3O/c1-10-2-4-12(17)8-11(10)3-5-15-19-14-9-18-7-6-13(14)16(21)20-15/h2-9H,1H3,(H,19,20,21)/b5-3+. The summed E-state index contributed by atoms with van der Waals surface area (Å²) in [6.07, 6.45) is 6.45. The highest BCUT2D eigenvalue weighted by molar-refractivity contribution is 5.78. The first-order valence-electron chi connectivity index (χ1n) is 6.42. The van der Waals surface area contributed by atoms with Crippen molar-refractivity contribution in [1.82, 2.24) is 15.0 Å². The van der Waals surface area contributed by atoms with Crippen LogP contribution in [0.15, 0.2) is 41.5 Å². The Morgan fingerprint density at radius 3 is 2.95 bits per heavy atom. The maximum absolute atomic E-state index is 13.2. The maximum atomic E-state index is 13.2. The van der Waals surface area contributed by atoms with Crippen LogP contribution in [0, 0.1) is 12.7 Å². The van der Waals surface area contributed by atoms with Crippen molar-refractivity contribution in [2.45, 2.75) is 6.92 Å². The Bertz CT molecular complexity index is 899. The Hall–Kier alpha value is -2.82. The molecule has 0 radical (unpaired) electrons. The van der Waals surface area contributed by atoms with E-state index in [1.807, 2.05) is 6.92 Å². The topological polar surface area (TPSA) is 58.6 Å². The molecular formula is C16H12FN3O. The van der Waals surface area contributed by atoms with E-state index in [4.69, 9.17) is 0 Å². The van der Waals surface area contributed by atoms with Gasteiger partial charge in [-0.25, -0.2) is 9.37 Å². The summed E-state index contributed by atoms with van der Waals surface area (Å²) in [5, 5.41) is 0.490. The Kier molecular flexibility index (Phi) is 3.31. The molecule has 0 unspecified atom stereocenters. The molecule has 5 heteroatoms. The zero-order chi connectivity index (χ0) is 14.8. The summed E-state index contributed by atoms with van der Waals surface area (Å²) in [5.41, 5.74) is 1.98. The molecule has 4 nitrogen and oxygen atoms in total. The number of nitrogens with one attached hydrogen (secondary N) is 1. The van der Waals surface area contributed by atoms with Gasteiger partial charge in [0.25, 0.3) is 5.56 Å². The predicted octanol–water partition coefficient (Wildman–Crippen LogP) is 2.94. The van der Waals surface area contributed by atoms with E-state index < -0.39 is 0 Å². The fraction of sp³-hybridized carbons (Fsp3) is 0.0625. The first-order chi connectivity index (χ1) is 10.1. The molecule has 1 N–H and O–H groups in total. The predicted molar refractivity (Wildman–Crippen MR) is 80.2 cm³/mol. The van der Waals surface area contributed by atoms with Gasteiger partial charge in [-0.3, -0.25) is 9.78 Å². The number of nitrogens with zero attached hydrogens (tertiary/aromatic N) is 2. The molecule has 0 fully saturated rings. The lowest BCUT2D eigenvalue weighted by molar-refractivity contribution is 0.627. The highest BCUT2D eigenvalue weighted by atomic mass is 19.1. The third-order valence-corrected chi connectivity index (χ3v) is 3.19. The van der Waals surface area contributed by atoms with Crippen LogP contribution in [0.3, 0.4) is 0 Å². The monoisotopic (exact) mass is 281 g/mol. The average molecular weight is 281 g/mol. The van der Waals surface area contributed by atoms with Crippen molar-refractivity contribution in [3.63, 3.8) is 0 Å². The van der Waals surface area contributed by atoms with Gasteiger partial charge in [-0.05, 0) is 42.3 Å². The van der Waals surface area contributed by atoms with Gasteiger partial charge >= 0.3 is 0 Å². The lowest BCUT2D eigenvalue weighted by Gasteiger charge is -2.01. The molecule has 0 aliphatic heterocycles. The van der Waals surface area contributed by atoms with Crippen LogP contribution in [0.2, 0.25) is 0 Å². The Balaban J connectivity index is 2.03. The molecule has 0 bridgehead atoms. The minimum atomic E-state index is -0.301. The smallest absolute Gasteiger partial charge is 0.259 e. The summed E-state index contributed by atoms with van der Waals surface area (Å²) in [6, 6.07) is 6.17. The largest absolute Gasteiger partial charge is 0.306 e. The fourth-order valence-electron chi connectivity index (χ4n) is 2.05. The van der Waals surface area contributed by atoms with Gasteiger partial charge in [0.05, 0.1) is 17.1 Å². The van der Waals surface area contributed by atoms with E-state index in [2.05, 4.69) is 15.0 Å². The molecule has 0 saturated heterocycles. The fourth-order valence-corrected chi connectivity index (χ4v) is 2.05. The molecular weight excluding hydrogens is 269 g/mol. The molecule has 0 spiro atoms. The molecule has 0 amide bonds. The number of H-pyrrole nitrogens is 1. The minimum absolute atomic E-state index is 0.224. The number of aromatic amines is 1. The highest BCUT2D eigenvalue weighted by Gasteiger charge is 2.02. The molecule has 21 heavy (non-hydrogen) atoms. The SMILES string of the molecule is Cc1ccc(F)cc1/C=C/c1nc2cnccc2c(=O)[nH]1. The Morgan fingerprint density at radius 1 is 1.24 bits per heavy atom. The van der Waals surface area contributed by atoms with Crippen LogP contribution >= 0.6 is 0 Å². The van der Waals surface area contributed by atoms with E-state index >= 15 is 0 Å². The van der Waals surface area contributed by atoms with Gasteiger partial charge in [0, 0.05) is 6.20 Å². The van der Waals surface area contributed by atoms with Crippen LogP contribution in [-0.4, -0.2) is 15.0 Å². The van der Waals surface area contributed by atoms with Gasteiger partial charge in [-0.15, -0.1) is 0 Å². The quantitative estimate of drug-likeness (QED) is 0.785. The molecule has 1 aromatic carbocycles. The van der Waals surface area contributed by atoms with Crippen molar-refractivity contribution >= 4 is 23.1 Å². The molecule has 0 aliphatic rings. The summed E-state index contributed by atoms with van der Waals surface area (Å²) in [5.74, 6) is 0.105. The first-order valence-corrected chi connectivity index (χ1v) is 6.42. The number of aromatic nitrogens is 3. The zero-order valence-corrected chi connectivity index (χ0v) is 11.3. The number of hydrogen-bond donors (Lipinski definition) is 1. The number of halogens is 1. The van der Waals surface area contributed by atoms with Crippen molar-refractivity contribution in [2.75, 3.05) is 0 Å². The maximum Gasteiger partial charge on any atom is 0.259 e. The van der Waals surface area contributed by atoms with Crippen molar-refractivity contribution < 1.29 is 4.39 Å². The summed E-state index contributed by atoms with van der Waals surface area (Å²) >= 11 is 0. The second kappa shape index (κ2) is 5.28. The van der Waals surface area contributed by atoms with E-state index in [0.29, 0.717) is 16.7 Å². The Labute approximate surface area is 120 Å². The van der Waals surface area contributed by atoms with Gasteiger partial charge in [-0.2, -0.15) is 0 Å². The molecule has 3 aromatic rings. The lowest BCUT2D eigenvalue weighted by atomic mass is 10.1. The van der Waals surface area contributed by atoms with E-state index in [-0.39, 0.29) is 11.4 Å². The van der Waals surface area contributed by atoms with Crippen molar-refractivity contribution in [1.29, 1.82) is 0 Å². The number of rotatable bonds is 2. The zero-order valence-electron chi connectivity index (χ0n) is 11.3. The number of pyridine rings is 1. The van der Waals surface area contributed by atoms with Crippen molar-refractivity contribution in [2.24, 2.45) is 0 Å².